The van der Waals surface area contributed by atoms with E-state index in [1.54, 1.807) is 9.47 Å². The normalized spacial score (nSPS) is 23.0. The Labute approximate surface area is 148 Å². The number of nitrogens with two attached hydrogens (primary N) is 2. The number of carboxylic acids is 1. The number of halogens is 1. The largest absolute Gasteiger partial charge is 0.477 e. The number of anilines is 1. The van der Waals surface area contributed by atoms with Crippen molar-refractivity contribution in [2.45, 2.75) is 24.9 Å². The molecule has 0 bridgehead atoms. The van der Waals surface area contributed by atoms with E-state index in [2.05, 4.69) is 4.98 Å². The van der Waals surface area contributed by atoms with Gasteiger partial charge in [-0.15, -0.1) is 0 Å². The van der Waals surface area contributed by atoms with Crippen molar-refractivity contribution < 1.29 is 14.3 Å². The van der Waals surface area contributed by atoms with Crippen LogP contribution < -0.4 is 21.8 Å². The van der Waals surface area contributed by atoms with Crippen LogP contribution in [0.2, 0.25) is 0 Å². The van der Waals surface area contributed by atoms with Crippen LogP contribution in [0.4, 0.5) is 10.2 Å². The molecule has 26 heavy (non-hydrogen) atoms. The van der Waals surface area contributed by atoms with Crippen LogP contribution in [0.3, 0.4) is 0 Å². The van der Waals surface area contributed by atoms with Crippen LogP contribution in [0.15, 0.2) is 17.1 Å². The van der Waals surface area contributed by atoms with Crippen molar-refractivity contribution in [2.24, 2.45) is 17.4 Å². The van der Waals surface area contributed by atoms with Crippen LogP contribution in [-0.4, -0.2) is 46.3 Å². The van der Waals surface area contributed by atoms with Crippen molar-refractivity contribution in [1.29, 1.82) is 0 Å². The van der Waals surface area contributed by atoms with Crippen LogP contribution in [-0.2, 0) is 0 Å². The first-order valence-electron chi connectivity index (χ1n) is 8.60. The minimum Gasteiger partial charge on any atom is -0.477 e. The summed E-state index contributed by atoms with van der Waals surface area (Å²) in [5, 5.41) is 9.26. The highest BCUT2D eigenvalue weighted by molar-refractivity contribution is 5.92. The summed E-state index contributed by atoms with van der Waals surface area (Å²) in [5.74, 6) is -1.82. The predicted octanol–water partition coefficient (Wildman–Crippen LogP) is 0.291. The highest BCUT2D eigenvalue weighted by atomic mass is 19.1. The lowest BCUT2D eigenvalue weighted by atomic mass is 10.1. The van der Waals surface area contributed by atoms with Gasteiger partial charge in [0.05, 0.1) is 5.39 Å². The molecule has 2 aromatic heterocycles. The Hall–Kier alpha value is -2.52. The fraction of sp³-hybridized carbons (Fsp3) is 0.471. The van der Waals surface area contributed by atoms with Gasteiger partial charge in [-0.1, -0.05) is 0 Å². The van der Waals surface area contributed by atoms with Crippen molar-refractivity contribution in [1.82, 2.24) is 9.55 Å². The smallest absolute Gasteiger partial charge is 0.341 e. The average Bonchev–Trinajstić information content (AvgIpc) is 3.37. The molecule has 1 aliphatic carbocycles. The molecular weight excluding hydrogens is 341 g/mol. The Bertz CT molecular complexity index is 956. The Morgan fingerprint density at radius 1 is 1.38 bits per heavy atom. The number of hydrogen-bond acceptors (Lipinski definition) is 6. The molecular formula is C17H20FN5O3. The maximum atomic E-state index is 14.7. The van der Waals surface area contributed by atoms with E-state index in [1.807, 2.05) is 0 Å². The van der Waals surface area contributed by atoms with Crippen molar-refractivity contribution in [3.05, 3.63) is 33.9 Å². The third kappa shape index (κ3) is 2.63. The van der Waals surface area contributed by atoms with Gasteiger partial charge in [0.15, 0.2) is 11.6 Å². The van der Waals surface area contributed by atoms with Crippen LogP contribution in [0.5, 0.6) is 0 Å². The molecule has 138 valence electrons. The zero-order chi connectivity index (χ0) is 18.6. The van der Waals surface area contributed by atoms with E-state index in [4.69, 9.17) is 11.5 Å². The highest BCUT2D eigenvalue weighted by Crippen LogP contribution is 2.37. The molecule has 8 nitrogen and oxygen atoms in total. The first-order chi connectivity index (χ1) is 12.4. The molecule has 1 saturated heterocycles. The topological polar surface area (TPSA) is 127 Å². The molecule has 2 aliphatic rings. The number of nitrogens with zero attached hydrogens (tertiary/aromatic N) is 3. The quantitative estimate of drug-likeness (QED) is 0.714. The number of fused-ring (bicyclic) bond motifs is 1. The molecule has 2 unspecified atom stereocenters. The number of aromatic carboxylic acids is 1. The molecule has 2 aromatic rings. The Kier molecular flexibility index (Phi) is 3.92. The third-order valence-corrected chi connectivity index (χ3v) is 5.20. The maximum absolute atomic E-state index is 14.7. The van der Waals surface area contributed by atoms with Crippen LogP contribution in [0, 0.1) is 11.7 Å². The molecule has 5 N–H and O–H groups in total. The summed E-state index contributed by atoms with van der Waals surface area (Å²) in [6.45, 7) is 1.33. The number of aromatic nitrogens is 2. The first-order valence-corrected chi connectivity index (χ1v) is 8.60. The molecule has 3 heterocycles. The lowest BCUT2D eigenvalue weighted by molar-refractivity contribution is 0.0695. The van der Waals surface area contributed by atoms with Gasteiger partial charge in [0.25, 0.3) is 0 Å². The van der Waals surface area contributed by atoms with E-state index in [0.717, 1.165) is 18.9 Å². The fourth-order valence-corrected chi connectivity index (χ4v) is 3.56. The second kappa shape index (κ2) is 6.03. The molecule has 1 aliphatic heterocycles. The number of carbonyl (C=O) groups is 1. The standard InChI is InChI=1S/C17H20FN5O3/c18-12-3-10-14(24)11(17(25)26)6-23(9-1-2-9)15(10)21-16(12)22-5-8(4-19)13(20)7-22/h3,6,8-9,13H,1-2,4-5,7,19-20H2,(H,25,26). The number of hydrogen-bond donors (Lipinski definition) is 3. The second-order valence-electron chi connectivity index (χ2n) is 7.05. The molecule has 4 rings (SSSR count). The summed E-state index contributed by atoms with van der Waals surface area (Å²) < 4.78 is 16.4. The van der Waals surface area contributed by atoms with Crippen LogP contribution >= 0.6 is 0 Å². The second-order valence-corrected chi connectivity index (χ2v) is 7.05. The molecule has 2 fully saturated rings. The fourth-order valence-electron chi connectivity index (χ4n) is 3.56. The highest BCUT2D eigenvalue weighted by Gasteiger charge is 2.33. The van der Waals surface area contributed by atoms with Gasteiger partial charge in [0, 0.05) is 37.3 Å². The van der Waals surface area contributed by atoms with Gasteiger partial charge in [0.1, 0.15) is 11.2 Å². The minimum absolute atomic E-state index is 0.0167. The van der Waals surface area contributed by atoms with Gasteiger partial charge < -0.3 is 26.0 Å². The SMILES string of the molecule is NCC1CN(c2nc3c(cc2F)c(=O)c(C(=O)O)cn3C2CC2)CC1N. The van der Waals surface area contributed by atoms with Gasteiger partial charge in [-0.3, -0.25) is 4.79 Å². The molecule has 2 atom stereocenters. The Balaban J connectivity index is 1.89. The minimum atomic E-state index is -1.33. The summed E-state index contributed by atoms with van der Waals surface area (Å²) in [6, 6.07) is 1.00. The van der Waals surface area contributed by atoms with Gasteiger partial charge in [-0.05, 0) is 25.5 Å². The van der Waals surface area contributed by atoms with Crippen LogP contribution in [0.25, 0.3) is 11.0 Å². The molecule has 0 amide bonds. The summed E-state index contributed by atoms with van der Waals surface area (Å²) in [4.78, 5) is 30.0. The van der Waals surface area contributed by atoms with Crippen molar-refractivity contribution in [2.75, 3.05) is 24.5 Å². The Morgan fingerprint density at radius 2 is 2.12 bits per heavy atom. The zero-order valence-electron chi connectivity index (χ0n) is 14.1. The van der Waals surface area contributed by atoms with Crippen molar-refractivity contribution >= 4 is 22.8 Å². The molecule has 0 spiro atoms. The van der Waals surface area contributed by atoms with E-state index in [-0.39, 0.29) is 34.8 Å². The molecule has 1 saturated carbocycles. The van der Waals surface area contributed by atoms with Gasteiger partial charge in [0.2, 0.25) is 5.43 Å². The summed E-state index contributed by atoms with van der Waals surface area (Å²) in [6.07, 6.45) is 3.06. The lowest BCUT2D eigenvalue weighted by Gasteiger charge is -2.19. The monoisotopic (exact) mass is 361 g/mol. The van der Waals surface area contributed by atoms with Gasteiger partial charge in [-0.25, -0.2) is 14.2 Å². The number of carboxylic acid groups (broad SMARTS) is 1. The van der Waals surface area contributed by atoms with E-state index in [1.165, 1.54) is 6.20 Å². The van der Waals surface area contributed by atoms with E-state index in [9.17, 15) is 19.1 Å². The third-order valence-electron chi connectivity index (χ3n) is 5.20. The van der Waals surface area contributed by atoms with Crippen molar-refractivity contribution in [3.63, 3.8) is 0 Å². The zero-order valence-corrected chi connectivity index (χ0v) is 14.1. The van der Waals surface area contributed by atoms with E-state index in [0.29, 0.717) is 25.3 Å². The summed E-state index contributed by atoms with van der Waals surface area (Å²) in [5.41, 5.74) is 11.0. The van der Waals surface area contributed by atoms with Gasteiger partial charge in [-0.2, -0.15) is 0 Å². The van der Waals surface area contributed by atoms with E-state index >= 15 is 0 Å². The van der Waals surface area contributed by atoms with Gasteiger partial charge >= 0.3 is 5.97 Å². The molecule has 9 heteroatoms. The predicted molar refractivity (Wildman–Crippen MR) is 93.9 cm³/mol. The maximum Gasteiger partial charge on any atom is 0.341 e. The molecule has 0 radical (unpaired) electrons. The van der Waals surface area contributed by atoms with Crippen LogP contribution in [0.1, 0.15) is 29.2 Å². The van der Waals surface area contributed by atoms with Crippen molar-refractivity contribution in [3.8, 4) is 0 Å². The lowest BCUT2D eigenvalue weighted by Crippen LogP contribution is -2.33. The average molecular weight is 361 g/mol. The number of pyridine rings is 2. The Morgan fingerprint density at radius 3 is 2.69 bits per heavy atom. The molecule has 0 aromatic carbocycles. The van der Waals surface area contributed by atoms with E-state index < -0.39 is 17.2 Å². The summed E-state index contributed by atoms with van der Waals surface area (Å²) in [7, 11) is 0. The number of rotatable bonds is 4. The first kappa shape index (κ1) is 16.9. The summed E-state index contributed by atoms with van der Waals surface area (Å²) >= 11 is 0.